The fraction of sp³-hybridized carbons (Fsp3) is 0.250. The van der Waals surface area contributed by atoms with Gasteiger partial charge in [-0.3, -0.25) is 9.59 Å². The van der Waals surface area contributed by atoms with Gasteiger partial charge in [0.15, 0.2) is 5.82 Å². The molecule has 3 aromatic rings. The molecule has 1 aromatic carbocycles. The Bertz CT molecular complexity index is 1060. The zero-order chi connectivity index (χ0) is 21.7. The Kier molecular flexibility index (Phi) is 6.58. The Labute approximate surface area is 177 Å². The first-order valence-corrected chi connectivity index (χ1v) is 10.1. The van der Waals surface area contributed by atoms with Crippen LogP contribution in [0.2, 0.25) is 0 Å². The number of hydrogen-bond donors (Lipinski definition) is 2. The summed E-state index contributed by atoms with van der Waals surface area (Å²) in [7, 11) is 1.74. The highest BCUT2D eigenvalue weighted by Crippen LogP contribution is 2.36. The highest BCUT2D eigenvalue weighted by Gasteiger charge is 2.26. The number of hydrogen-bond acceptors (Lipinski definition) is 7. The molecular weight excluding hydrogens is 406 g/mol. The Morgan fingerprint density at radius 2 is 1.93 bits per heavy atom. The molecule has 2 amide bonds. The number of nitrogens with zero attached hydrogens (tertiary/aromatic N) is 3. The van der Waals surface area contributed by atoms with E-state index in [9.17, 15) is 14.4 Å². The highest BCUT2D eigenvalue weighted by atomic mass is 32.1. The minimum Gasteiger partial charge on any atom is -0.462 e. The summed E-state index contributed by atoms with van der Waals surface area (Å²) in [6.45, 7) is 3.58. The molecule has 156 valence electrons. The SMILES string of the molecule is CCOC(=O)c1c(-c2ccccc2)csc1NC(=O)C(=O)NC(C)c1nncn1C. The molecule has 0 fully saturated rings. The molecule has 0 bridgehead atoms. The molecule has 3 rings (SSSR count). The first-order chi connectivity index (χ1) is 14.4. The van der Waals surface area contributed by atoms with Crippen LogP contribution in [0.1, 0.15) is 36.1 Å². The maximum Gasteiger partial charge on any atom is 0.341 e. The van der Waals surface area contributed by atoms with Crippen LogP contribution in [-0.4, -0.2) is 39.2 Å². The van der Waals surface area contributed by atoms with Crippen molar-refractivity contribution in [1.82, 2.24) is 20.1 Å². The largest absolute Gasteiger partial charge is 0.462 e. The van der Waals surface area contributed by atoms with Gasteiger partial charge in [-0.15, -0.1) is 21.5 Å². The van der Waals surface area contributed by atoms with Gasteiger partial charge in [0.1, 0.15) is 16.9 Å². The fourth-order valence-corrected chi connectivity index (χ4v) is 3.81. The van der Waals surface area contributed by atoms with E-state index in [1.54, 1.807) is 30.8 Å². The lowest BCUT2D eigenvalue weighted by molar-refractivity contribution is -0.136. The molecule has 0 aliphatic heterocycles. The van der Waals surface area contributed by atoms with E-state index >= 15 is 0 Å². The first-order valence-electron chi connectivity index (χ1n) is 9.22. The van der Waals surface area contributed by atoms with Crippen LogP contribution < -0.4 is 10.6 Å². The van der Waals surface area contributed by atoms with Gasteiger partial charge in [-0.1, -0.05) is 30.3 Å². The first kappa shape index (κ1) is 21.2. The predicted molar refractivity (Wildman–Crippen MR) is 112 cm³/mol. The second kappa shape index (κ2) is 9.31. The molecular formula is C20H21N5O4S. The third-order valence-corrected chi connectivity index (χ3v) is 5.17. The minimum atomic E-state index is -0.893. The lowest BCUT2D eigenvalue weighted by Gasteiger charge is -2.13. The summed E-state index contributed by atoms with van der Waals surface area (Å²) in [4.78, 5) is 37.4. The molecule has 0 spiro atoms. The quantitative estimate of drug-likeness (QED) is 0.461. The maximum atomic E-state index is 12.6. The zero-order valence-electron chi connectivity index (χ0n) is 16.7. The van der Waals surface area contributed by atoms with E-state index in [1.165, 1.54) is 6.33 Å². The van der Waals surface area contributed by atoms with Crippen LogP contribution in [-0.2, 0) is 21.4 Å². The van der Waals surface area contributed by atoms with E-state index in [2.05, 4.69) is 20.8 Å². The molecule has 10 heteroatoms. The number of benzene rings is 1. The molecule has 0 saturated heterocycles. The van der Waals surface area contributed by atoms with Crippen molar-refractivity contribution in [3.8, 4) is 11.1 Å². The van der Waals surface area contributed by atoms with Crippen molar-refractivity contribution in [3.63, 3.8) is 0 Å². The number of carbonyl (C=O) groups is 3. The van der Waals surface area contributed by atoms with Crippen LogP contribution in [0.15, 0.2) is 42.0 Å². The van der Waals surface area contributed by atoms with Gasteiger partial charge in [0.05, 0.1) is 12.6 Å². The summed E-state index contributed by atoms with van der Waals surface area (Å²) in [5.41, 5.74) is 1.65. The van der Waals surface area contributed by atoms with Gasteiger partial charge in [-0.2, -0.15) is 0 Å². The van der Waals surface area contributed by atoms with Gasteiger partial charge in [0, 0.05) is 18.0 Å². The van der Waals surface area contributed by atoms with E-state index in [0.717, 1.165) is 16.9 Å². The van der Waals surface area contributed by atoms with Crippen LogP contribution in [0, 0.1) is 0 Å². The Morgan fingerprint density at radius 3 is 2.57 bits per heavy atom. The summed E-state index contributed by atoms with van der Waals surface area (Å²) in [6, 6.07) is 8.74. The van der Waals surface area contributed by atoms with Gasteiger partial charge in [-0.05, 0) is 19.4 Å². The van der Waals surface area contributed by atoms with Crippen molar-refractivity contribution in [3.05, 3.63) is 53.4 Å². The van der Waals surface area contributed by atoms with E-state index in [-0.39, 0.29) is 17.2 Å². The van der Waals surface area contributed by atoms with Crippen LogP contribution in [0.25, 0.3) is 11.1 Å². The summed E-state index contributed by atoms with van der Waals surface area (Å²) in [5, 5.41) is 14.8. The molecule has 1 unspecified atom stereocenters. The van der Waals surface area contributed by atoms with Crippen molar-refractivity contribution in [2.45, 2.75) is 19.9 Å². The number of aryl methyl sites for hydroxylation is 1. The Hall–Kier alpha value is -3.53. The number of amides is 2. The monoisotopic (exact) mass is 427 g/mol. The van der Waals surface area contributed by atoms with E-state index in [0.29, 0.717) is 11.4 Å². The minimum absolute atomic E-state index is 0.187. The van der Waals surface area contributed by atoms with E-state index in [4.69, 9.17) is 4.74 Å². The molecule has 2 aromatic heterocycles. The second-order valence-electron chi connectivity index (χ2n) is 6.39. The number of anilines is 1. The summed E-state index contributed by atoms with van der Waals surface area (Å²) in [6.07, 6.45) is 1.50. The molecule has 1 atom stereocenters. The Balaban J connectivity index is 1.80. The number of aromatic nitrogens is 3. The third kappa shape index (κ3) is 4.54. The van der Waals surface area contributed by atoms with Crippen LogP contribution >= 0.6 is 11.3 Å². The molecule has 0 saturated carbocycles. The molecule has 0 radical (unpaired) electrons. The average Bonchev–Trinajstić information content (AvgIpc) is 3.35. The van der Waals surface area contributed by atoms with E-state index in [1.807, 2.05) is 30.3 Å². The van der Waals surface area contributed by atoms with Gasteiger partial charge in [-0.25, -0.2) is 4.79 Å². The highest BCUT2D eigenvalue weighted by molar-refractivity contribution is 7.15. The second-order valence-corrected chi connectivity index (χ2v) is 7.27. The third-order valence-electron chi connectivity index (χ3n) is 4.27. The average molecular weight is 427 g/mol. The fourth-order valence-electron chi connectivity index (χ4n) is 2.86. The van der Waals surface area contributed by atoms with Gasteiger partial charge in [0.25, 0.3) is 0 Å². The lowest BCUT2D eigenvalue weighted by atomic mass is 10.0. The molecule has 2 N–H and O–H groups in total. The number of thiophene rings is 1. The number of ether oxygens (including phenoxy) is 1. The standard InChI is InChI=1S/C20H21N5O4S/c1-4-29-20(28)15-14(13-8-6-5-7-9-13)10-30-19(15)23-18(27)17(26)22-12(2)16-24-21-11-25(16)3/h5-12H,4H2,1-3H3,(H,22,26)(H,23,27). The van der Waals surface area contributed by atoms with Crippen molar-refractivity contribution >= 4 is 34.1 Å². The molecule has 2 heterocycles. The van der Waals surface area contributed by atoms with E-state index < -0.39 is 23.8 Å². The normalized spacial score (nSPS) is 11.6. The summed E-state index contributed by atoms with van der Waals surface area (Å²) < 4.78 is 6.80. The van der Waals surface area contributed by atoms with Crippen molar-refractivity contribution in [2.75, 3.05) is 11.9 Å². The predicted octanol–water partition coefficient (Wildman–Crippen LogP) is 2.54. The van der Waals surface area contributed by atoms with Crippen molar-refractivity contribution in [2.24, 2.45) is 7.05 Å². The number of esters is 1. The van der Waals surface area contributed by atoms with Gasteiger partial charge >= 0.3 is 17.8 Å². The topological polar surface area (TPSA) is 115 Å². The molecule has 9 nitrogen and oxygen atoms in total. The lowest BCUT2D eigenvalue weighted by Crippen LogP contribution is -2.37. The van der Waals surface area contributed by atoms with Crippen molar-refractivity contribution in [1.29, 1.82) is 0 Å². The van der Waals surface area contributed by atoms with Gasteiger partial charge in [0.2, 0.25) is 0 Å². The number of carbonyl (C=O) groups excluding carboxylic acids is 3. The van der Waals surface area contributed by atoms with Crippen LogP contribution in [0.4, 0.5) is 5.00 Å². The molecule has 30 heavy (non-hydrogen) atoms. The van der Waals surface area contributed by atoms with Crippen molar-refractivity contribution < 1.29 is 19.1 Å². The summed E-state index contributed by atoms with van der Waals surface area (Å²) >= 11 is 1.15. The smallest absolute Gasteiger partial charge is 0.341 e. The zero-order valence-corrected chi connectivity index (χ0v) is 17.5. The Morgan fingerprint density at radius 1 is 1.20 bits per heavy atom. The maximum absolute atomic E-state index is 12.6. The summed E-state index contributed by atoms with van der Waals surface area (Å²) in [5.74, 6) is -1.81. The van der Waals surface area contributed by atoms with Crippen LogP contribution in [0.5, 0.6) is 0 Å². The number of nitrogens with one attached hydrogen (secondary N) is 2. The molecule has 0 aliphatic carbocycles. The molecule has 0 aliphatic rings. The van der Waals surface area contributed by atoms with Gasteiger partial charge < -0.3 is 19.9 Å². The van der Waals surface area contributed by atoms with Crippen LogP contribution in [0.3, 0.4) is 0 Å². The number of rotatable bonds is 6.